The molecule has 1 rings (SSSR count). The Labute approximate surface area is 137 Å². The zero-order valence-corrected chi connectivity index (χ0v) is 15.2. The molecule has 1 saturated heterocycles. The van der Waals surface area contributed by atoms with E-state index in [4.69, 9.17) is 0 Å². The summed E-state index contributed by atoms with van der Waals surface area (Å²) in [6.45, 7) is 19.2. The molecule has 1 aliphatic heterocycles. The summed E-state index contributed by atoms with van der Waals surface area (Å²) in [6.07, 6.45) is 11.6. The van der Waals surface area contributed by atoms with Gasteiger partial charge in [0.15, 0.2) is 0 Å². The zero-order valence-electron chi connectivity index (χ0n) is 15.2. The Hall–Kier alpha value is -1.28. The molecule has 0 N–H and O–H groups in total. The predicted octanol–water partition coefficient (Wildman–Crippen LogP) is 4.77. The van der Waals surface area contributed by atoms with Gasteiger partial charge in [0.2, 0.25) is 0 Å². The van der Waals surface area contributed by atoms with Gasteiger partial charge in [0.1, 0.15) is 0 Å². The molecule has 0 aliphatic carbocycles. The predicted molar refractivity (Wildman–Crippen MR) is 99.0 cm³/mol. The highest BCUT2D eigenvalue weighted by atomic mass is 15.2. The standard InChI is InChI=1S/C20H34N2/c1-8-11-12-18(9-2)17(4)22-15-13-19(14-16-22)21(7)20(5,6)10-3/h8-9,11-12,19H,1,4,10,13-16H2,2-3,5-7H3/b12-11-,18-9+. The minimum atomic E-state index is 0.283. The molecular formula is C20H34N2. The van der Waals surface area contributed by atoms with Crippen LogP contribution in [0, 0.1) is 0 Å². The van der Waals surface area contributed by atoms with Crippen molar-refractivity contribution < 1.29 is 0 Å². The van der Waals surface area contributed by atoms with Gasteiger partial charge in [-0.15, -0.1) is 0 Å². The van der Waals surface area contributed by atoms with Crippen LogP contribution in [0.5, 0.6) is 0 Å². The quantitative estimate of drug-likeness (QED) is 0.625. The molecule has 0 aromatic carbocycles. The average Bonchev–Trinajstić information content (AvgIpc) is 2.54. The van der Waals surface area contributed by atoms with Crippen molar-refractivity contribution in [2.75, 3.05) is 20.1 Å². The highest BCUT2D eigenvalue weighted by Gasteiger charge is 2.30. The Morgan fingerprint density at radius 1 is 1.32 bits per heavy atom. The summed E-state index contributed by atoms with van der Waals surface area (Å²) in [5.74, 6) is 0. The van der Waals surface area contributed by atoms with E-state index in [0.717, 1.165) is 18.8 Å². The van der Waals surface area contributed by atoms with Crippen molar-refractivity contribution in [2.24, 2.45) is 0 Å². The minimum Gasteiger partial charge on any atom is -0.371 e. The SMILES string of the molecule is C=C/C=C\C(=C/C)C(=C)N1CCC(N(C)C(C)(C)CC)CC1. The van der Waals surface area contributed by atoms with Gasteiger partial charge >= 0.3 is 0 Å². The Morgan fingerprint density at radius 3 is 2.36 bits per heavy atom. The first-order valence-electron chi connectivity index (χ1n) is 8.50. The first-order valence-corrected chi connectivity index (χ1v) is 8.50. The third kappa shape index (κ3) is 4.61. The summed E-state index contributed by atoms with van der Waals surface area (Å²) in [6, 6.07) is 0.678. The van der Waals surface area contributed by atoms with E-state index >= 15 is 0 Å². The monoisotopic (exact) mass is 302 g/mol. The fourth-order valence-electron chi connectivity index (χ4n) is 2.98. The molecule has 0 aromatic rings. The van der Waals surface area contributed by atoms with Gasteiger partial charge in [-0.2, -0.15) is 0 Å². The van der Waals surface area contributed by atoms with Gasteiger partial charge in [0.05, 0.1) is 0 Å². The van der Waals surface area contributed by atoms with Gasteiger partial charge in [-0.3, -0.25) is 4.90 Å². The summed E-state index contributed by atoms with van der Waals surface area (Å²) < 4.78 is 0. The van der Waals surface area contributed by atoms with Gasteiger partial charge < -0.3 is 4.90 Å². The number of likely N-dealkylation sites (tertiary alicyclic amines) is 1. The second-order valence-corrected chi connectivity index (χ2v) is 6.78. The van der Waals surface area contributed by atoms with Crippen LogP contribution in [0.3, 0.4) is 0 Å². The van der Waals surface area contributed by atoms with Gasteiger partial charge in [-0.25, -0.2) is 0 Å². The average molecular weight is 303 g/mol. The molecule has 22 heavy (non-hydrogen) atoms. The van der Waals surface area contributed by atoms with E-state index in [9.17, 15) is 0 Å². The lowest BCUT2D eigenvalue weighted by Gasteiger charge is -2.45. The molecule has 0 bridgehead atoms. The normalized spacial score (nSPS) is 18.3. The summed E-state index contributed by atoms with van der Waals surface area (Å²) in [5.41, 5.74) is 2.61. The molecule has 1 heterocycles. The van der Waals surface area contributed by atoms with Gasteiger partial charge in [-0.1, -0.05) is 44.4 Å². The fourth-order valence-corrected chi connectivity index (χ4v) is 2.98. The number of piperidine rings is 1. The third-order valence-corrected chi connectivity index (χ3v) is 5.27. The van der Waals surface area contributed by atoms with Crippen LogP contribution in [-0.4, -0.2) is 41.5 Å². The van der Waals surface area contributed by atoms with Crippen LogP contribution < -0.4 is 0 Å². The van der Waals surface area contributed by atoms with Crippen molar-refractivity contribution in [3.05, 3.63) is 48.7 Å². The molecule has 1 aliphatic rings. The molecular weight excluding hydrogens is 268 g/mol. The van der Waals surface area contributed by atoms with E-state index in [0.29, 0.717) is 6.04 Å². The zero-order chi connectivity index (χ0) is 16.8. The molecule has 2 nitrogen and oxygen atoms in total. The largest absolute Gasteiger partial charge is 0.371 e. The fraction of sp³-hybridized carbons (Fsp3) is 0.600. The smallest absolute Gasteiger partial charge is 0.0363 e. The maximum atomic E-state index is 4.30. The molecule has 0 aromatic heterocycles. The first kappa shape index (κ1) is 18.8. The summed E-state index contributed by atoms with van der Waals surface area (Å²) >= 11 is 0. The molecule has 0 amide bonds. The Morgan fingerprint density at radius 2 is 1.91 bits per heavy atom. The molecule has 124 valence electrons. The Kier molecular flexibility index (Phi) is 7.15. The van der Waals surface area contributed by atoms with Gasteiger partial charge in [0, 0.05) is 30.4 Å². The lowest BCUT2D eigenvalue weighted by Crippen LogP contribution is -2.51. The van der Waals surface area contributed by atoms with Crippen molar-refractivity contribution >= 4 is 0 Å². The number of rotatable bonds is 7. The van der Waals surface area contributed by atoms with Gasteiger partial charge in [-0.05, 0) is 52.7 Å². The first-order chi connectivity index (χ1) is 10.4. The van der Waals surface area contributed by atoms with Gasteiger partial charge in [0.25, 0.3) is 0 Å². The van der Waals surface area contributed by atoms with Crippen molar-refractivity contribution in [1.29, 1.82) is 0 Å². The van der Waals surface area contributed by atoms with Crippen LogP contribution >= 0.6 is 0 Å². The van der Waals surface area contributed by atoms with Crippen LogP contribution in [-0.2, 0) is 0 Å². The lowest BCUT2D eigenvalue weighted by atomic mass is 9.93. The Bertz CT molecular complexity index is 435. The highest BCUT2D eigenvalue weighted by Crippen LogP contribution is 2.27. The highest BCUT2D eigenvalue weighted by molar-refractivity contribution is 5.38. The van der Waals surface area contributed by atoms with Crippen molar-refractivity contribution in [3.8, 4) is 0 Å². The van der Waals surface area contributed by atoms with E-state index < -0.39 is 0 Å². The van der Waals surface area contributed by atoms with Crippen LogP contribution in [0.25, 0.3) is 0 Å². The molecule has 1 fully saturated rings. The molecule has 0 atom stereocenters. The second-order valence-electron chi connectivity index (χ2n) is 6.78. The Balaban J connectivity index is 2.63. The van der Waals surface area contributed by atoms with E-state index in [2.05, 4.69) is 69.9 Å². The molecule has 0 spiro atoms. The maximum absolute atomic E-state index is 4.30. The van der Waals surface area contributed by atoms with Crippen LogP contribution in [0.2, 0.25) is 0 Å². The van der Waals surface area contributed by atoms with E-state index in [1.807, 2.05) is 12.2 Å². The van der Waals surface area contributed by atoms with Crippen molar-refractivity contribution in [1.82, 2.24) is 9.80 Å². The van der Waals surface area contributed by atoms with Crippen LogP contribution in [0.15, 0.2) is 48.7 Å². The van der Waals surface area contributed by atoms with Crippen LogP contribution in [0.4, 0.5) is 0 Å². The second kappa shape index (κ2) is 8.38. The maximum Gasteiger partial charge on any atom is 0.0363 e. The molecule has 0 unspecified atom stereocenters. The third-order valence-electron chi connectivity index (χ3n) is 5.27. The van der Waals surface area contributed by atoms with Crippen molar-refractivity contribution in [3.63, 3.8) is 0 Å². The van der Waals surface area contributed by atoms with E-state index in [1.54, 1.807) is 0 Å². The van der Waals surface area contributed by atoms with Crippen LogP contribution in [0.1, 0.15) is 47.0 Å². The van der Waals surface area contributed by atoms with E-state index in [1.165, 1.54) is 24.8 Å². The number of hydrogen-bond donors (Lipinski definition) is 0. The van der Waals surface area contributed by atoms with Crippen molar-refractivity contribution in [2.45, 2.75) is 58.5 Å². The lowest BCUT2D eigenvalue weighted by molar-refractivity contribution is 0.0603. The summed E-state index contributed by atoms with van der Waals surface area (Å²) in [7, 11) is 2.28. The molecule has 0 saturated carbocycles. The topological polar surface area (TPSA) is 6.48 Å². The number of nitrogens with zero attached hydrogens (tertiary/aromatic N) is 2. The summed E-state index contributed by atoms with van der Waals surface area (Å²) in [5, 5.41) is 0. The molecule has 0 radical (unpaired) electrons. The minimum absolute atomic E-state index is 0.283. The molecule has 2 heteroatoms. The number of hydrogen-bond acceptors (Lipinski definition) is 2. The number of allylic oxidation sites excluding steroid dienone is 4. The summed E-state index contributed by atoms with van der Waals surface area (Å²) in [4.78, 5) is 4.99. The van der Waals surface area contributed by atoms with E-state index in [-0.39, 0.29) is 5.54 Å².